The van der Waals surface area contributed by atoms with Crippen molar-refractivity contribution < 1.29 is 14.7 Å². The van der Waals surface area contributed by atoms with E-state index in [0.717, 1.165) is 0 Å². The molecule has 1 amide bonds. The van der Waals surface area contributed by atoms with Crippen LogP contribution in [0.4, 0.5) is 0 Å². The highest BCUT2D eigenvalue weighted by Crippen LogP contribution is 2.40. The molecule has 0 spiro atoms. The van der Waals surface area contributed by atoms with Crippen molar-refractivity contribution in [1.82, 2.24) is 23.8 Å². The minimum atomic E-state index is -0.742. The van der Waals surface area contributed by atoms with Gasteiger partial charge in [-0.15, -0.1) is 0 Å². The highest BCUT2D eigenvalue weighted by Gasteiger charge is 2.46. The minimum absolute atomic E-state index is 0.0451. The molecule has 1 aliphatic heterocycles. The van der Waals surface area contributed by atoms with Gasteiger partial charge in [0.2, 0.25) is 0 Å². The van der Waals surface area contributed by atoms with Gasteiger partial charge in [-0.1, -0.05) is 29.8 Å². The number of amides is 1. The molecule has 1 N–H and O–H groups in total. The number of likely N-dealkylation sites (tertiary alicyclic amines) is 1. The van der Waals surface area contributed by atoms with Crippen molar-refractivity contribution in [1.29, 1.82) is 0 Å². The molecule has 0 radical (unpaired) electrons. The molecule has 0 bridgehead atoms. The fourth-order valence-corrected chi connectivity index (χ4v) is 4.60. The van der Waals surface area contributed by atoms with Crippen LogP contribution in [-0.2, 0) is 16.1 Å². The van der Waals surface area contributed by atoms with Crippen LogP contribution in [0.5, 0.6) is 0 Å². The van der Waals surface area contributed by atoms with E-state index < -0.39 is 17.7 Å². The second kappa shape index (κ2) is 8.79. The Morgan fingerprint density at radius 2 is 1.88 bits per heavy atom. The number of halogens is 1. The summed E-state index contributed by atoms with van der Waals surface area (Å²) < 4.78 is 3.63. The normalized spacial score (nSPS) is 17.7. The number of hydrogen-bond donors (Lipinski definition) is 1. The van der Waals surface area contributed by atoms with Crippen molar-refractivity contribution in [2.24, 2.45) is 0 Å². The number of nitrogens with zero attached hydrogens (tertiary/aromatic N) is 5. The lowest BCUT2D eigenvalue weighted by atomic mass is 9.96. The summed E-state index contributed by atoms with van der Waals surface area (Å²) >= 11 is 6.09. The molecular weight excluding hydrogens is 454 g/mol. The third-order valence-electron chi connectivity index (χ3n) is 6.03. The van der Waals surface area contributed by atoms with Gasteiger partial charge in [-0.2, -0.15) is 0 Å². The number of ketones is 1. The molecule has 0 saturated carbocycles. The van der Waals surface area contributed by atoms with Crippen LogP contribution in [0.2, 0.25) is 5.02 Å². The fourth-order valence-electron chi connectivity index (χ4n) is 4.47. The smallest absolute Gasteiger partial charge is 0.295 e. The molecule has 172 valence electrons. The van der Waals surface area contributed by atoms with Gasteiger partial charge in [-0.25, -0.2) is 9.97 Å². The van der Waals surface area contributed by atoms with Crippen LogP contribution < -0.4 is 0 Å². The number of carbonyl (C=O) groups excluding carboxylic acids is 2. The molecule has 4 aromatic rings. The first-order valence-corrected chi connectivity index (χ1v) is 11.3. The van der Waals surface area contributed by atoms with E-state index in [1.807, 2.05) is 29.0 Å². The second-order valence-electron chi connectivity index (χ2n) is 8.17. The number of aliphatic hydroxyl groups is 1. The number of aryl methyl sites for hydroxylation is 2. The quantitative estimate of drug-likeness (QED) is 0.258. The number of rotatable bonds is 6. The van der Waals surface area contributed by atoms with Gasteiger partial charge in [0.25, 0.3) is 11.7 Å². The van der Waals surface area contributed by atoms with Crippen molar-refractivity contribution in [3.05, 3.63) is 94.9 Å². The second-order valence-corrected chi connectivity index (χ2v) is 8.61. The molecule has 1 saturated heterocycles. The number of pyridine rings is 1. The van der Waals surface area contributed by atoms with Crippen molar-refractivity contribution in [3.63, 3.8) is 0 Å². The van der Waals surface area contributed by atoms with Gasteiger partial charge in [0.1, 0.15) is 11.3 Å². The average Bonchev–Trinajstić information content (AvgIpc) is 3.52. The van der Waals surface area contributed by atoms with Crippen LogP contribution in [-0.4, -0.2) is 47.2 Å². The lowest BCUT2D eigenvalue weighted by Gasteiger charge is -2.25. The minimum Gasteiger partial charge on any atom is -0.505 e. The Bertz CT molecular complexity index is 1410. The Morgan fingerprint density at radius 1 is 1.09 bits per heavy atom. The summed E-state index contributed by atoms with van der Waals surface area (Å²) in [5, 5.41) is 12.0. The number of hydrogen-bond acceptors (Lipinski definition) is 5. The van der Waals surface area contributed by atoms with Crippen LogP contribution in [0.3, 0.4) is 0 Å². The van der Waals surface area contributed by atoms with Crippen molar-refractivity contribution in [2.45, 2.75) is 25.9 Å². The van der Waals surface area contributed by atoms with Gasteiger partial charge in [-0.05, 0) is 43.2 Å². The van der Waals surface area contributed by atoms with E-state index in [4.69, 9.17) is 11.6 Å². The van der Waals surface area contributed by atoms with E-state index in [2.05, 4.69) is 9.97 Å². The predicted octanol–water partition coefficient (Wildman–Crippen LogP) is 4.00. The molecule has 1 aromatic carbocycles. The average molecular weight is 476 g/mol. The van der Waals surface area contributed by atoms with Crippen molar-refractivity contribution in [3.8, 4) is 0 Å². The third kappa shape index (κ3) is 3.76. The molecule has 1 unspecified atom stereocenters. The lowest BCUT2D eigenvalue weighted by Crippen LogP contribution is -2.31. The predicted molar refractivity (Wildman–Crippen MR) is 127 cm³/mol. The first kappa shape index (κ1) is 21.9. The maximum atomic E-state index is 13.3. The van der Waals surface area contributed by atoms with Gasteiger partial charge < -0.3 is 14.6 Å². The van der Waals surface area contributed by atoms with Crippen LogP contribution in [0.1, 0.15) is 29.4 Å². The van der Waals surface area contributed by atoms with E-state index in [9.17, 15) is 14.7 Å². The first-order valence-electron chi connectivity index (χ1n) is 10.9. The number of benzene rings is 1. The van der Waals surface area contributed by atoms with Gasteiger partial charge in [0.05, 0.1) is 23.6 Å². The molecule has 1 fully saturated rings. The fraction of sp³-hybridized carbons (Fsp3) is 0.200. The van der Waals surface area contributed by atoms with E-state index >= 15 is 0 Å². The SMILES string of the molecule is Cc1nc2ccccn2c1/C(O)=C1\C(=O)C(=O)N(CCCn2ccnc2)C1c1ccc(Cl)cc1. The number of Topliss-reactive ketones (excluding diaryl/α,β-unsaturated/α-hetero) is 1. The third-order valence-corrected chi connectivity index (χ3v) is 6.28. The summed E-state index contributed by atoms with van der Waals surface area (Å²) in [5.41, 5.74) is 2.33. The number of aromatic nitrogens is 4. The van der Waals surface area contributed by atoms with E-state index in [1.54, 1.807) is 54.3 Å². The standard InChI is InChI=1S/C25H22ClN5O3/c1-16-21(30-12-3-2-5-19(30)28-16)23(32)20-22(17-6-8-18(26)9-7-17)31(25(34)24(20)33)13-4-11-29-14-10-27-15-29/h2-3,5-10,12,14-15,22,32H,4,11,13H2,1H3/b23-20+. The van der Waals surface area contributed by atoms with Gasteiger partial charge in [0.15, 0.2) is 5.76 Å². The maximum absolute atomic E-state index is 13.3. The summed E-state index contributed by atoms with van der Waals surface area (Å²) in [7, 11) is 0. The van der Waals surface area contributed by atoms with Crippen LogP contribution in [0, 0.1) is 6.92 Å². The van der Waals surface area contributed by atoms with E-state index in [-0.39, 0.29) is 11.3 Å². The summed E-state index contributed by atoms with van der Waals surface area (Å²) in [4.78, 5) is 36.5. The van der Waals surface area contributed by atoms with Gasteiger partial charge in [0, 0.05) is 36.7 Å². The summed E-state index contributed by atoms with van der Waals surface area (Å²) in [6, 6.07) is 11.7. The van der Waals surface area contributed by atoms with Crippen LogP contribution in [0.15, 0.2) is 73.0 Å². The molecule has 1 aliphatic rings. The topological polar surface area (TPSA) is 92.7 Å². The first-order chi connectivity index (χ1) is 16.5. The largest absolute Gasteiger partial charge is 0.505 e. The summed E-state index contributed by atoms with van der Waals surface area (Å²) in [6.07, 6.45) is 7.62. The Balaban J connectivity index is 1.60. The van der Waals surface area contributed by atoms with E-state index in [0.29, 0.717) is 47.1 Å². The van der Waals surface area contributed by atoms with Crippen LogP contribution >= 0.6 is 11.6 Å². The van der Waals surface area contributed by atoms with Gasteiger partial charge >= 0.3 is 0 Å². The zero-order valence-corrected chi connectivity index (χ0v) is 19.2. The van der Waals surface area contributed by atoms with Crippen molar-refractivity contribution in [2.75, 3.05) is 6.54 Å². The monoisotopic (exact) mass is 475 g/mol. The lowest BCUT2D eigenvalue weighted by molar-refractivity contribution is -0.139. The molecule has 4 heterocycles. The molecule has 8 nitrogen and oxygen atoms in total. The number of aliphatic hydroxyl groups excluding tert-OH is 1. The molecule has 34 heavy (non-hydrogen) atoms. The zero-order valence-electron chi connectivity index (χ0n) is 18.4. The maximum Gasteiger partial charge on any atom is 0.295 e. The molecule has 0 aliphatic carbocycles. The number of imidazole rings is 2. The molecule has 1 atom stereocenters. The Kier molecular flexibility index (Phi) is 5.67. The Labute approximate surface area is 200 Å². The summed E-state index contributed by atoms with van der Waals surface area (Å²) in [5.74, 6) is -1.60. The molecular formula is C25H22ClN5O3. The molecule has 5 rings (SSSR count). The van der Waals surface area contributed by atoms with Crippen LogP contribution in [0.25, 0.3) is 11.4 Å². The summed E-state index contributed by atoms with van der Waals surface area (Å²) in [6.45, 7) is 2.74. The molecule has 3 aromatic heterocycles. The molecule has 9 heteroatoms. The van der Waals surface area contributed by atoms with Crippen molar-refractivity contribution >= 4 is 34.7 Å². The zero-order chi connectivity index (χ0) is 23.8. The number of fused-ring (bicyclic) bond motifs is 1. The Morgan fingerprint density at radius 3 is 2.62 bits per heavy atom. The highest BCUT2D eigenvalue weighted by atomic mass is 35.5. The highest BCUT2D eigenvalue weighted by molar-refractivity contribution is 6.46. The van der Waals surface area contributed by atoms with Gasteiger partial charge in [-0.3, -0.25) is 14.0 Å². The number of carbonyl (C=O) groups is 2. The van der Waals surface area contributed by atoms with E-state index in [1.165, 1.54) is 4.90 Å². The Hall–Kier alpha value is -3.91.